The molecule has 0 radical (unpaired) electrons. The number of thiophene rings is 1. The van der Waals surface area contributed by atoms with E-state index in [-0.39, 0.29) is 29.7 Å². The van der Waals surface area contributed by atoms with Gasteiger partial charge in [-0.3, -0.25) is 9.59 Å². The highest BCUT2D eigenvalue weighted by atomic mass is 32.2. The first kappa shape index (κ1) is 22.4. The Bertz CT molecular complexity index is 714. The molecule has 0 atom stereocenters. The molecule has 0 aliphatic heterocycles. The lowest BCUT2D eigenvalue weighted by Gasteiger charge is -2.12. The van der Waals surface area contributed by atoms with Crippen molar-refractivity contribution in [2.75, 3.05) is 45.9 Å². The van der Waals surface area contributed by atoms with E-state index in [2.05, 4.69) is 5.32 Å². The van der Waals surface area contributed by atoms with Gasteiger partial charge in [0.15, 0.2) is 0 Å². The lowest BCUT2D eigenvalue weighted by Crippen LogP contribution is -2.21. The van der Waals surface area contributed by atoms with Crippen LogP contribution in [0.15, 0.2) is 0 Å². The van der Waals surface area contributed by atoms with Crippen molar-refractivity contribution >= 4 is 62.4 Å². The third-order valence-corrected chi connectivity index (χ3v) is 6.10. The second-order valence-corrected chi connectivity index (χ2v) is 8.31. The molecular weight excluding hydrogens is 394 g/mol. The van der Waals surface area contributed by atoms with Crippen molar-refractivity contribution in [3.63, 3.8) is 0 Å². The Kier molecular flexibility index (Phi) is 8.51. The van der Waals surface area contributed by atoms with Crippen LogP contribution in [0.4, 0.5) is 5.00 Å². The van der Waals surface area contributed by atoms with Crippen LogP contribution >= 0.6 is 35.3 Å². The number of nitrogens with one attached hydrogen (secondary N) is 1. The maximum Gasteiger partial charge on any atom is 0.341 e. The second kappa shape index (κ2) is 9.89. The molecule has 0 fully saturated rings. The first-order valence-corrected chi connectivity index (χ1v) is 9.97. The summed E-state index contributed by atoms with van der Waals surface area (Å²) in [6.07, 6.45) is 0. The van der Waals surface area contributed by atoms with Crippen LogP contribution < -0.4 is 5.32 Å². The lowest BCUT2D eigenvalue weighted by atomic mass is 10.1. The molecule has 10 heteroatoms. The number of hydrogen-bond donors (Lipinski definition) is 1. The number of rotatable bonds is 6. The summed E-state index contributed by atoms with van der Waals surface area (Å²) in [4.78, 5) is 40.4. The number of thiocarbonyl (C=S) groups is 1. The number of carbonyl (C=O) groups excluding carboxylic acids is 3. The molecule has 0 aliphatic carbocycles. The Balaban J connectivity index is 3.10. The van der Waals surface area contributed by atoms with E-state index in [1.807, 2.05) is 0 Å². The van der Waals surface area contributed by atoms with E-state index in [1.165, 1.54) is 16.7 Å². The number of thioether (sulfide) groups is 1. The Labute approximate surface area is 167 Å². The number of esters is 1. The highest BCUT2D eigenvalue weighted by Gasteiger charge is 2.27. The third-order valence-electron chi connectivity index (χ3n) is 3.17. The van der Waals surface area contributed by atoms with Crippen LogP contribution in [0.5, 0.6) is 0 Å². The summed E-state index contributed by atoms with van der Waals surface area (Å²) < 4.78 is 5.65. The van der Waals surface area contributed by atoms with Crippen LogP contribution in [0.25, 0.3) is 0 Å². The van der Waals surface area contributed by atoms with Crippen LogP contribution in [0.3, 0.4) is 0 Å². The Hall–Kier alpha value is -1.65. The topological polar surface area (TPSA) is 79.0 Å². The van der Waals surface area contributed by atoms with Gasteiger partial charge < -0.3 is 19.9 Å². The minimum atomic E-state index is -0.564. The maximum absolute atomic E-state index is 12.3. The van der Waals surface area contributed by atoms with Gasteiger partial charge in [0.2, 0.25) is 5.91 Å². The molecule has 7 nitrogen and oxygen atoms in total. The normalized spacial score (nSPS) is 10.2. The van der Waals surface area contributed by atoms with Gasteiger partial charge in [0.05, 0.1) is 22.8 Å². The van der Waals surface area contributed by atoms with Gasteiger partial charge in [-0.25, -0.2) is 4.79 Å². The molecule has 26 heavy (non-hydrogen) atoms. The van der Waals surface area contributed by atoms with Crippen LogP contribution in [-0.4, -0.2) is 72.5 Å². The predicted octanol–water partition coefficient (Wildman–Crippen LogP) is 2.45. The summed E-state index contributed by atoms with van der Waals surface area (Å²) in [5.41, 5.74) is 0.717. The molecule has 0 aromatic carbocycles. The van der Waals surface area contributed by atoms with Gasteiger partial charge in [0.25, 0.3) is 5.91 Å². The zero-order valence-electron chi connectivity index (χ0n) is 15.7. The van der Waals surface area contributed by atoms with Crippen LogP contribution in [0, 0.1) is 6.92 Å². The van der Waals surface area contributed by atoms with Crippen molar-refractivity contribution < 1.29 is 19.1 Å². The molecule has 0 aliphatic rings. The highest BCUT2D eigenvalue weighted by molar-refractivity contribution is 8.23. The van der Waals surface area contributed by atoms with Crippen LogP contribution in [0.2, 0.25) is 0 Å². The number of ether oxygens (including phenoxy) is 1. The van der Waals surface area contributed by atoms with Crippen LogP contribution in [0.1, 0.15) is 32.5 Å². The van der Waals surface area contributed by atoms with Crippen molar-refractivity contribution in [3.05, 3.63) is 16.0 Å². The molecule has 2 amide bonds. The van der Waals surface area contributed by atoms with E-state index < -0.39 is 5.97 Å². The van der Waals surface area contributed by atoms with Gasteiger partial charge in [-0.2, -0.15) is 0 Å². The maximum atomic E-state index is 12.3. The summed E-state index contributed by atoms with van der Waals surface area (Å²) >= 11 is 7.42. The van der Waals surface area contributed by atoms with Gasteiger partial charge >= 0.3 is 5.97 Å². The fourth-order valence-electron chi connectivity index (χ4n) is 1.88. The van der Waals surface area contributed by atoms with E-state index in [9.17, 15) is 14.4 Å². The van der Waals surface area contributed by atoms with Crippen molar-refractivity contribution in [2.24, 2.45) is 0 Å². The van der Waals surface area contributed by atoms with Crippen molar-refractivity contribution in [2.45, 2.75) is 13.8 Å². The molecule has 144 valence electrons. The Morgan fingerprint density at radius 2 is 1.81 bits per heavy atom. The monoisotopic (exact) mass is 417 g/mol. The molecule has 0 bridgehead atoms. The van der Waals surface area contributed by atoms with E-state index >= 15 is 0 Å². The van der Waals surface area contributed by atoms with Crippen molar-refractivity contribution in [1.82, 2.24) is 9.80 Å². The quantitative estimate of drug-likeness (QED) is 0.563. The lowest BCUT2D eigenvalue weighted by molar-refractivity contribution is -0.113. The molecule has 0 spiro atoms. The predicted molar refractivity (Wildman–Crippen MR) is 110 cm³/mol. The van der Waals surface area contributed by atoms with E-state index in [1.54, 1.807) is 46.9 Å². The first-order chi connectivity index (χ1) is 12.1. The molecule has 1 rings (SSSR count). The summed E-state index contributed by atoms with van der Waals surface area (Å²) in [6, 6.07) is 0. The summed E-state index contributed by atoms with van der Waals surface area (Å²) in [7, 11) is 6.85. The smallest absolute Gasteiger partial charge is 0.341 e. The Morgan fingerprint density at radius 3 is 2.31 bits per heavy atom. The first-order valence-electron chi connectivity index (χ1n) is 7.76. The molecule has 1 heterocycles. The molecular formula is C16H23N3O4S3. The van der Waals surface area contributed by atoms with E-state index in [0.29, 0.717) is 19.8 Å². The van der Waals surface area contributed by atoms with Gasteiger partial charge in [0, 0.05) is 28.2 Å². The van der Waals surface area contributed by atoms with Gasteiger partial charge in [-0.15, -0.1) is 11.3 Å². The van der Waals surface area contributed by atoms with Crippen molar-refractivity contribution in [1.29, 1.82) is 0 Å². The number of anilines is 1. The van der Waals surface area contributed by atoms with E-state index in [4.69, 9.17) is 17.0 Å². The number of amides is 2. The molecule has 0 saturated heterocycles. The van der Waals surface area contributed by atoms with Gasteiger partial charge in [-0.05, 0) is 19.4 Å². The van der Waals surface area contributed by atoms with Gasteiger partial charge in [0.1, 0.15) is 9.32 Å². The minimum Gasteiger partial charge on any atom is -0.462 e. The highest BCUT2D eigenvalue weighted by Crippen LogP contribution is 2.34. The summed E-state index contributed by atoms with van der Waals surface area (Å²) in [5, 5.41) is 3.02. The average Bonchev–Trinajstić information content (AvgIpc) is 2.87. The molecule has 1 N–H and O–H groups in total. The molecule has 0 unspecified atom stereocenters. The fraction of sp³-hybridized carbons (Fsp3) is 0.500. The molecule has 1 aromatic rings. The Morgan fingerprint density at radius 1 is 1.19 bits per heavy atom. The second-order valence-electron chi connectivity index (χ2n) is 5.68. The zero-order valence-corrected chi connectivity index (χ0v) is 18.1. The summed E-state index contributed by atoms with van der Waals surface area (Å²) in [5.74, 6) is -1.00. The average molecular weight is 418 g/mol. The largest absolute Gasteiger partial charge is 0.462 e. The minimum absolute atomic E-state index is 0.104. The summed E-state index contributed by atoms with van der Waals surface area (Å²) in [6.45, 7) is 3.57. The number of nitrogens with zero attached hydrogens (tertiary/aromatic N) is 2. The zero-order chi connectivity index (χ0) is 20.0. The van der Waals surface area contributed by atoms with Crippen molar-refractivity contribution in [3.8, 4) is 0 Å². The van der Waals surface area contributed by atoms with Gasteiger partial charge in [-0.1, -0.05) is 24.0 Å². The standard InChI is InChI=1S/C16H23N3O4S3/c1-7-23-15(22)11-9(2)12(14(21)18(3)4)26-13(11)17-10(20)8-25-16(24)19(5)6/h7-8H2,1-6H3,(H,17,20). The van der Waals surface area contributed by atoms with Crippen LogP contribution in [-0.2, 0) is 9.53 Å². The number of carbonyl (C=O) groups is 3. The molecule has 0 saturated carbocycles. The molecule has 1 aromatic heterocycles. The SMILES string of the molecule is CCOC(=O)c1c(NC(=O)CSC(=S)N(C)C)sc(C(=O)N(C)C)c1C. The third kappa shape index (κ3) is 5.68. The fourth-order valence-corrected chi connectivity index (χ4v) is 3.87. The number of hydrogen-bond acceptors (Lipinski definition) is 7. The van der Waals surface area contributed by atoms with E-state index in [0.717, 1.165) is 11.3 Å².